The number of nitrogens with one attached hydrogen (secondary N) is 1. The van der Waals surface area contributed by atoms with Crippen molar-refractivity contribution in [2.75, 3.05) is 0 Å². The van der Waals surface area contributed by atoms with Crippen molar-refractivity contribution in [3.8, 4) is 0 Å². The molecular formula is C22H11ClF6N6O. The van der Waals surface area contributed by atoms with Crippen molar-refractivity contribution in [2.24, 2.45) is 0 Å². The van der Waals surface area contributed by atoms with Crippen molar-refractivity contribution in [3.05, 3.63) is 87.8 Å². The number of halogens is 7. The third kappa shape index (κ3) is 4.11. The number of rotatable bonds is 0. The van der Waals surface area contributed by atoms with Gasteiger partial charge in [-0.25, -0.2) is 15.0 Å². The van der Waals surface area contributed by atoms with E-state index in [1.165, 1.54) is 35.1 Å². The minimum absolute atomic E-state index is 0.0758. The Morgan fingerprint density at radius 3 is 1.97 bits per heavy atom. The summed E-state index contributed by atoms with van der Waals surface area (Å²) < 4.78 is 78.5. The summed E-state index contributed by atoms with van der Waals surface area (Å²) >= 11 is 5.87. The van der Waals surface area contributed by atoms with Gasteiger partial charge in [0.2, 0.25) is 5.65 Å². The number of aromatic amines is 1. The molecule has 0 spiro atoms. The molecule has 0 radical (unpaired) electrons. The number of imidazole rings is 2. The summed E-state index contributed by atoms with van der Waals surface area (Å²) in [6.07, 6.45) is -2.75. The highest BCUT2D eigenvalue weighted by Crippen LogP contribution is 2.32. The molecule has 1 N–H and O–H groups in total. The maximum atomic E-state index is 12.6. The van der Waals surface area contributed by atoms with Crippen LogP contribution in [0.2, 0.25) is 5.15 Å². The lowest BCUT2D eigenvalue weighted by molar-refractivity contribution is -0.138. The molecule has 0 unspecified atom stereocenters. The fourth-order valence-corrected chi connectivity index (χ4v) is 3.90. The van der Waals surface area contributed by atoms with Crippen LogP contribution in [0.15, 0.2) is 66.0 Å². The molecule has 184 valence electrons. The molecule has 36 heavy (non-hydrogen) atoms. The van der Waals surface area contributed by atoms with Gasteiger partial charge >= 0.3 is 12.4 Å². The number of alkyl halides is 6. The maximum absolute atomic E-state index is 12.6. The minimum atomic E-state index is -4.44. The first kappa shape index (κ1) is 23.6. The molecule has 0 saturated carbocycles. The van der Waals surface area contributed by atoms with Gasteiger partial charge in [0.15, 0.2) is 10.8 Å². The lowest BCUT2D eigenvalue weighted by Crippen LogP contribution is -2.12. The molecule has 4 heterocycles. The van der Waals surface area contributed by atoms with Crippen LogP contribution in [0.25, 0.3) is 33.4 Å². The summed E-state index contributed by atoms with van der Waals surface area (Å²) in [6.45, 7) is 0. The number of hydrogen-bond donors (Lipinski definition) is 1. The van der Waals surface area contributed by atoms with E-state index in [-0.39, 0.29) is 21.8 Å². The molecule has 6 aromatic rings. The Labute approximate surface area is 200 Å². The van der Waals surface area contributed by atoms with E-state index in [2.05, 4.69) is 19.9 Å². The highest BCUT2D eigenvalue weighted by molar-refractivity contribution is 6.32. The van der Waals surface area contributed by atoms with Gasteiger partial charge in [-0.05, 0) is 36.4 Å². The fourth-order valence-electron chi connectivity index (χ4n) is 3.67. The number of hydrogen-bond acceptors (Lipinski definition) is 4. The lowest BCUT2D eigenvalue weighted by Gasteiger charge is -2.08. The van der Waals surface area contributed by atoms with Crippen molar-refractivity contribution in [3.63, 3.8) is 0 Å². The second-order valence-electron chi connectivity index (χ2n) is 7.53. The zero-order valence-corrected chi connectivity index (χ0v) is 18.3. The molecule has 14 heteroatoms. The smallest absolute Gasteiger partial charge is 0.317 e. The van der Waals surface area contributed by atoms with Crippen molar-refractivity contribution < 1.29 is 26.3 Å². The second-order valence-corrected chi connectivity index (χ2v) is 7.89. The summed E-state index contributed by atoms with van der Waals surface area (Å²) in [5, 5.41) is 0.0758. The third-order valence-corrected chi connectivity index (χ3v) is 5.54. The molecule has 7 nitrogen and oxygen atoms in total. The molecule has 0 aliphatic rings. The topological polar surface area (TPSA) is 80.4 Å². The van der Waals surface area contributed by atoms with Gasteiger partial charge in [0.25, 0.3) is 5.56 Å². The van der Waals surface area contributed by atoms with Crippen molar-refractivity contribution >= 4 is 45.0 Å². The fraction of sp³-hybridized carbons (Fsp3) is 0.0909. The van der Waals surface area contributed by atoms with Gasteiger partial charge in [-0.15, -0.1) is 0 Å². The first-order valence-corrected chi connectivity index (χ1v) is 10.4. The second kappa shape index (κ2) is 8.22. The van der Waals surface area contributed by atoms with Gasteiger partial charge < -0.3 is 4.98 Å². The lowest BCUT2D eigenvalue weighted by atomic mass is 10.2. The Bertz CT molecular complexity index is 1820. The van der Waals surface area contributed by atoms with Gasteiger partial charge in [0, 0.05) is 24.8 Å². The molecular weight excluding hydrogens is 514 g/mol. The van der Waals surface area contributed by atoms with E-state index < -0.39 is 29.0 Å². The molecule has 0 bridgehead atoms. The monoisotopic (exact) mass is 524 g/mol. The van der Waals surface area contributed by atoms with Crippen LogP contribution in [-0.2, 0) is 12.4 Å². The first-order chi connectivity index (χ1) is 16.9. The Morgan fingerprint density at radius 2 is 1.33 bits per heavy atom. The zero-order valence-electron chi connectivity index (χ0n) is 17.6. The molecule has 6 rings (SSSR count). The average molecular weight is 525 g/mol. The van der Waals surface area contributed by atoms with Crippen LogP contribution in [0.4, 0.5) is 26.3 Å². The molecule has 0 atom stereocenters. The molecule has 0 fully saturated rings. The Hall–Kier alpha value is -4.13. The van der Waals surface area contributed by atoms with E-state index >= 15 is 0 Å². The van der Waals surface area contributed by atoms with E-state index in [9.17, 15) is 31.1 Å². The van der Waals surface area contributed by atoms with Crippen LogP contribution < -0.4 is 5.56 Å². The summed E-state index contributed by atoms with van der Waals surface area (Å²) in [4.78, 5) is 25.7. The van der Waals surface area contributed by atoms with Crippen LogP contribution >= 0.6 is 11.6 Å². The number of aromatic nitrogens is 6. The van der Waals surface area contributed by atoms with E-state index in [4.69, 9.17) is 11.6 Å². The van der Waals surface area contributed by atoms with Crippen LogP contribution in [0.5, 0.6) is 0 Å². The predicted octanol–water partition coefficient (Wildman–Crippen LogP) is 5.75. The maximum Gasteiger partial charge on any atom is 0.416 e. The molecule has 4 aromatic heterocycles. The third-order valence-electron chi connectivity index (χ3n) is 5.28. The van der Waals surface area contributed by atoms with E-state index in [1.54, 1.807) is 10.6 Å². The van der Waals surface area contributed by atoms with E-state index in [0.29, 0.717) is 16.7 Å². The molecule has 2 aromatic carbocycles. The minimum Gasteiger partial charge on any atom is -0.317 e. The summed E-state index contributed by atoms with van der Waals surface area (Å²) in [5.74, 6) is 0. The number of nitrogens with zero attached hydrogens (tertiary/aromatic N) is 5. The molecule has 0 aliphatic carbocycles. The van der Waals surface area contributed by atoms with Crippen molar-refractivity contribution in [2.45, 2.75) is 12.4 Å². The normalized spacial score (nSPS) is 12.4. The zero-order chi connectivity index (χ0) is 25.8. The van der Waals surface area contributed by atoms with Gasteiger partial charge in [-0.1, -0.05) is 11.6 Å². The van der Waals surface area contributed by atoms with Gasteiger partial charge in [-0.2, -0.15) is 26.3 Å². The van der Waals surface area contributed by atoms with E-state index in [1.807, 2.05) is 0 Å². The standard InChI is InChI=1S/C11H5ClF3N3.C11H6F3N3O/c12-9-10-16-3-4-18(10)8-2-1-6(11(13,14)15)5-7(8)17-9;12-11(13,14)6-1-2-8-7(5-6)16-10(18)9-15-3-4-17(8)9/h1-5H;1-5H,(H,16,18). The van der Waals surface area contributed by atoms with Crippen molar-refractivity contribution in [1.29, 1.82) is 0 Å². The molecule has 0 amide bonds. The van der Waals surface area contributed by atoms with Gasteiger partial charge in [0.1, 0.15) is 0 Å². The predicted molar refractivity (Wildman–Crippen MR) is 119 cm³/mol. The summed E-state index contributed by atoms with van der Waals surface area (Å²) in [6, 6.07) is 6.53. The highest BCUT2D eigenvalue weighted by Gasteiger charge is 2.31. The summed E-state index contributed by atoms with van der Waals surface area (Å²) in [7, 11) is 0. The van der Waals surface area contributed by atoms with Gasteiger partial charge in [0.05, 0.1) is 33.2 Å². The van der Waals surface area contributed by atoms with Crippen LogP contribution in [0.3, 0.4) is 0 Å². The quantitative estimate of drug-likeness (QED) is 0.257. The Morgan fingerprint density at radius 1 is 0.778 bits per heavy atom. The van der Waals surface area contributed by atoms with Crippen LogP contribution in [0.1, 0.15) is 11.1 Å². The average Bonchev–Trinajstić information content (AvgIpc) is 3.49. The summed E-state index contributed by atoms with van der Waals surface area (Å²) in [5.41, 5.74) is -0.197. The number of fused-ring (bicyclic) bond motifs is 6. The first-order valence-electron chi connectivity index (χ1n) is 9.99. The van der Waals surface area contributed by atoms with Crippen LogP contribution in [0, 0.1) is 0 Å². The Kier molecular flexibility index (Phi) is 5.39. The molecule has 0 saturated heterocycles. The van der Waals surface area contributed by atoms with Gasteiger partial charge in [-0.3, -0.25) is 13.6 Å². The van der Waals surface area contributed by atoms with E-state index in [0.717, 1.165) is 24.3 Å². The number of benzene rings is 2. The highest BCUT2D eigenvalue weighted by atomic mass is 35.5. The number of H-pyrrole nitrogens is 1. The van der Waals surface area contributed by atoms with Crippen molar-refractivity contribution in [1.82, 2.24) is 28.7 Å². The largest absolute Gasteiger partial charge is 0.416 e. The van der Waals surface area contributed by atoms with Crippen LogP contribution in [-0.4, -0.2) is 28.7 Å². The molecule has 0 aliphatic heterocycles. The SMILES string of the molecule is FC(F)(F)c1ccc2c(c1)nc(Cl)c1nccn12.O=c1[nH]c2cc(C(F)(F)F)ccc2n2ccnc12. The Balaban J connectivity index is 0.000000148.